The average molecular weight is 254 g/mol. The Morgan fingerprint density at radius 3 is 3.00 bits per heavy atom. The predicted octanol–water partition coefficient (Wildman–Crippen LogP) is 2.35. The molecule has 0 saturated carbocycles. The van der Waals surface area contributed by atoms with E-state index in [1.54, 1.807) is 0 Å². The molecule has 1 fully saturated rings. The maximum atomic E-state index is 13.4. The third-order valence-electron chi connectivity index (χ3n) is 3.04. The van der Waals surface area contributed by atoms with E-state index >= 15 is 0 Å². The number of ether oxygens (including phenoxy) is 1. The Balaban J connectivity index is 2.24. The number of benzene rings is 1. The maximum Gasteiger partial charge on any atom is 0.274 e. The number of hydrogen-bond donors (Lipinski definition) is 0. The second kappa shape index (κ2) is 5.30. The highest BCUT2D eigenvalue weighted by Gasteiger charge is 2.21. The monoisotopic (exact) mass is 254 g/mol. The van der Waals surface area contributed by atoms with Crippen molar-refractivity contribution >= 4 is 11.4 Å². The molecular formula is C12H15FN2O3. The molecule has 0 bridgehead atoms. The Labute approximate surface area is 104 Å². The van der Waals surface area contributed by atoms with Gasteiger partial charge in [0.05, 0.1) is 23.7 Å². The van der Waals surface area contributed by atoms with E-state index in [0.717, 1.165) is 12.5 Å². The number of anilines is 1. The summed E-state index contributed by atoms with van der Waals surface area (Å²) in [4.78, 5) is 12.0. The molecule has 5 nitrogen and oxygen atoms in total. The molecule has 0 spiro atoms. The summed E-state index contributed by atoms with van der Waals surface area (Å²) < 4.78 is 18.9. The van der Waals surface area contributed by atoms with E-state index in [2.05, 4.69) is 0 Å². The highest BCUT2D eigenvalue weighted by Crippen LogP contribution is 2.25. The van der Waals surface area contributed by atoms with Gasteiger partial charge in [0.25, 0.3) is 5.69 Å². The van der Waals surface area contributed by atoms with Crippen molar-refractivity contribution < 1.29 is 14.1 Å². The van der Waals surface area contributed by atoms with Crippen LogP contribution in [0, 0.1) is 15.9 Å². The Bertz CT molecular complexity index is 453. The molecule has 0 N–H and O–H groups in total. The fourth-order valence-corrected chi connectivity index (χ4v) is 2.05. The number of hydrogen-bond acceptors (Lipinski definition) is 4. The third-order valence-corrected chi connectivity index (χ3v) is 3.04. The number of morpholine rings is 1. The molecule has 1 aliphatic rings. The number of rotatable bonds is 3. The van der Waals surface area contributed by atoms with Gasteiger partial charge in [-0.15, -0.1) is 0 Å². The molecule has 18 heavy (non-hydrogen) atoms. The summed E-state index contributed by atoms with van der Waals surface area (Å²) in [5, 5.41) is 10.7. The molecule has 0 aliphatic carbocycles. The van der Waals surface area contributed by atoms with E-state index in [-0.39, 0.29) is 11.8 Å². The molecule has 2 rings (SSSR count). The summed E-state index contributed by atoms with van der Waals surface area (Å²) in [5.41, 5.74) is 0.327. The van der Waals surface area contributed by atoms with E-state index in [0.29, 0.717) is 25.4 Å². The average Bonchev–Trinajstić information content (AvgIpc) is 2.38. The minimum Gasteiger partial charge on any atom is -0.375 e. The Hall–Kier alpha value is -1.69. The topological polar surface area (TPSA) is 55.6 Å². The minimum absolute atomic E-state index is 0.0982. The van der Waals surface area contributed by atoms with Crippen molar-refractivity contribution in [2.45, 2.75) is 19.4 Å². The zero-order valence-corrected chi connectivity index (χ0v) is 10.1. The highest BCUT2D eigenvalue weighted by molar-refractivity contribution is 5.54. The second-order valence-electron chi connectivity index (χ2n) is 4.27. The lowest BCUT2D eigenvalue weighted by Gasteiger charge is -2.34. The van der Waals surface area contributed by atoms with Crippen LogP contribution in [0.15, 0.2) is 18.2 Å². The number of halogens is 1. The summed E-state index contributed by atoms with van der Waals surface area (Å²) in [6.45, 7) is 3.83. The first-order valence-corrected chi connectivity index (χ1v) is 5.91. The van der Waals surface area contributed by atoms with Crippen molar-refractivity contribution in [2.24, 2.45) is 0 Å². The quantitative estimate of drug-likeness (QED) is 0.613. The van der Waals surface area contributed by atoms with E-state index in [1.807, 2.05) is 11.8 Å². The van der Waals surface area contributed by atoms with Crippen LogP contribution >= 0.6 is 0 Å². The van der Waals surface area contributed by atoms with E-state index in [1.165, 1.54) is 12.1 Å². The molecule has 1 unspecified atom stereocenters. The molecule has 1 aromatic carbocycles. The van der Waals surface area contributed by atoms with Crippen molar-refractivity contribution in [3.05, 3.63) is 34.1 Å². The predicted molar refractivity (Wildman–Crippen MR) is 65.3 cm³/mol. The van der Waals surface area contributed by atoms with Crippen LogP contribution in [0.1, 0.15) is 13.3 Å². The zero-order valence-electron chi connectivity index (χ0n) is 10.1. The smallest absolute Gasteiger partial charge is 0.274 e. The molecule has 0 amide bonds. The van der Waals surface area contributed by atoms with Crippen LogP contribution in [0.2, 0.25) is 0 Å². The van der Waals surface area contributed by atoms with Crippen molar-refractivity contribution in [3.63, 3.8) is 0 Å². The number of nitro groups is 1. The molecule has 0 radical (unpaired) electrons. The summed E-state index contributed by atoms with van der Waals surface area (Å²) in [6.07, 6.45) is 0.967. The van der Waals surface area contributed by atoms with Crippen LogP contribution in [0.25, 0.3) is 0 Å². The number of nitro benzene ring substituents is 1. The van der Waals surface area contributed by atoms with Crippen molar-refractivity contribution in [2.75, 3.05) is 24.6 Å². The summed E-state index contributed by atoms with van der Waals surface area (Å²) in [7, 11) is 0. The van der Waals surface area contributed by atoms with Crippen molar-refractivity contribution in [3.8, 4) is 0 Å². The summed E-state index contributed by atoms with van der Waals surface area (Å²) in [6, 6.07) is 3.66. The molecule has 98 valence electrons. The Kier molecular flexibility index (Phi) is 3.76. The lowest BCUT2D eigenvalue weighted by atomic mass is 10.2. The van der Waals surface area contributed by atoms with Gasteiger partial charge in [0, 0.05) is 24.8 Å². The van der Waals surface area contributed by atoms with Gasteiger partial charge in [-0.3, -0.25) is 10.1 Å². The van der Waals surface area contributed by atoms with Gasteiger partial charge in [-0.1, -0.05) is 6.92 Å². The van der Waals surface area contributed by atoms with Gasteiger partial charge in [-0.25, -0.2) is 4.39 Å². The van der Waals surface area contributed by atoms with Gasteiger partial charge >= 0.3 is 0 Å². The van der Waals surface area contributed by atoms with Gasteiger partial charge in [-0.05, 0) is 12.5 Å². The van der Waals surface area contributed by atoms with Gasteiger partial charge in [-0.2, -0.15) is 0 Å². The van der Waals surface area contributed by atoms with Gasteiger partial charge < -0.3 is 9.64 Å². The maximum absolute atomic E-state index is 13.4. The minimum atomic E-state index is -0.584. The molecule has 6 heteroatoms. The Morgan fingerprint density at radius 2 is 2.33 bits per heavy atom. The van der Waals surface area contributed by atoms with Crippen LogP contribution in [0.5, 0.6) is 0 Å². The van der Waals surface area contributed by atoms with Gasteiger partial charge in [0.2, 0.25) is 0 Å². The van der Waals surface area contributed by atoms with E-state index < -0.39 is 10.7 Å². The molecule has 1 aliphatic heterocycles. The lowest BCUT2D eigenvalue weighted by Crippen LogP contribution is -2.42. The summed E-state index contributed by atoms with van der Waals surface area (Å²) >= 11 is 0. The first-order valence-electron chi connectivity index (χ1n) is 5.91. The van der Waals surface area contributed by atoms with Crippen LogP contribution < -0.4 is 4.90 Å². The van der Waals surface area contributed by atoms with Gasteiger partial charge in [0.15, 0.2) is 0 Å². The van der Waals surface area contributed by atoms with Crippen molar-refractivity contribution in [1.82, 2.24) is 0 Å². The molecule has 1 atom stereocenters. The first kappa shape index (κ1) is 12.8. The van der Waals surface area contributed by atoms with Crippen LogP contribution in [0.3, 0.4) is 0 Å². The second-order valence-corrected chi connectivity index (χ2v) is 4.27. The molecule has 0 aromatic heterocycles. The molecule has 1 saturated heterocycles. The number of non-ortho nitro benzene ring substituents is 1. The third kappa shape index (κ3) is 2.76. The fraction of sp³-hybridized carbons (Fsp3) is 0.500. The van der Waals surface area contributed by atoms with Crippen LogP contribution in [0.4, 0.5) is 15.8 Å². The van der Waals surface area contributed by atoms with Crippen molar-refractivity contribution in [1.29, 1.82) is 0 Å². The van der Waals surface area contributed by atoms with Crippen LogP contribution in [-0.2, 0) is 4.74 Å². The largest absolute Gasteiger partial charge is 0.375 e. The first-order chi connectivity index (χ1) is 8.60. The van der Waals surface area contributed by atoms with Crippen LogP contribution in [-0.4, -0.2) is 30.7 Å². The zero-order chi connectivity index (χ0) is 13.1. The van der Waals surface area contributed by atoms with Gasteiger partial charge in [0.1, 0.15) is 5.82 Å². The standard InChI is InChI=1S/C12H15FN2O3/c1-2-12-8-14(3-4-18-12)10-5-9(13)6-11(7-10)15(16)17/h5-7,12H,2-4,8H2,1H3. The Morgan fingerprint density at radius 1 is 1.56 bits per heavy atom. The lowest BCUT2D eigenvalue weighted by molar-refractivity contribution is -0.385. The van der Waals surface area contributed by atoms with E-state index in [4.69, 9.17) is 4.74 Å². The normalized spacial score (nSPS) is 19.9. The summed E-state index contributed by atoms with van der Waals surface area (Å²) in [5.74, 6) is -0.584. The highest BCUT2D eigenvalue weighted by atomic mass is 19.1. The molecule has 1 aromatic rings. The fourth-order valence-electron chi connectivity index (χ4n) is 2.05. The van der Waals surface area contributed by atoms with E-state index in [9.17, 15) is 14.5 Å². The molecule has 1 heterocycles. The number of nitrogens with zero attached hydrogens (tertiary/aromatic N) is 2. The molecular weight excluding hydrogens is 239 g/mol. The SMILES string of the molecule is CCC1CN(c2cc(F)cc([N+](=O)[O-])c2)CCO1.